The molecule has 1 aromatic rings. The van der Waals surface area contributed by atoms with E-state index >= 15 is 0 Å². The SMILES string of the molecule is Cc1cccc(N2CCN(C(=O)C(C)NC(N)=O)CC2)c1. The number of nitrogens with zero attached hydrogens (tertiary/aromatic N) is 2. The number of piperazine rings is 1. The lowest BCUT2D eigenvalue weighted by Crippen LogP contribution is -2.54. The topological polar surface area (TPSA) is 78.7 Å². The van der Waals surface area contributed by atoms with Crippen LogP contribution in [0, 0.1) is 6.92 Å². The molecule has 1 aliphatic rings. The van der Waals surface area contributed by atoms with Gasteiger partial charge in [-0.3, -0.25) is 4.79 Å². The van der Waals surface area contributed by atoms with Gasteiger partial charge < -0.3 is 20.9 Å². The third kappa shape index (κ3) is 3.87. The van der Waals surface area contributed by atoms with E-state index in [1.54, 1.807) is 11.8 Å². The van der Waals surface area contributed by atoms with Crippen molar-refractivity contribution < 1.29 is 9.59 Å². The summed E-state index contributed by atoms with van der Waals surface area (Å²) < 4.78 is 0. The van der Waals surface area contributed by atoms with Crippen LogP contribution in [-0.2, 0) is 4.79 Å². The number of primary amides is 1. The molecule has 0 aliphatic carbocycles. The van der Waals surface area contributed by atoms with E-state index in [2.05, 4.69) is 35.3 Å². The molecular weight excluding hydrogens is 268 g/mol. The molecule has 0 saturated carbocycles. The Bertz CT molecular complexity index is 524. The van der Waals surface area contributed by atoms with Gasteiger partial charge in [-0.2, -0.15) is 0 Å². The molecule has 2 rings (SSSR count). The number of hydrogen-bond acceptors (Lipinski definition) is 3. The molecule has 1 heterocycles. The second-order valence-corrected chi connectivity index (χ2v) is 5.38. The number of anilines is 1. The molecule has 1 atom stereocenters. The minimum atomic E-state index is -0.672. The van der Waals surface area contributed by atoms with E-state index < -0.39 is 12.1 Å². The monoisotopic (exact) mass is 290 g/mol. The van der Waals surface area contributed by atoms with Crippen LogP contribution in [0.15, 0.2) is 24.3 Å². The van der Waals surface area contributed by atoms with Crippen molar-refractivity contribution in [1.29, 1.82) is 0 Å². The predicted octanol–water partition coefficient (Wildman–Crippen LogP) is 0.700. The highest BCUT2D eigenvalue weighted by Gasteiger charge is 2.25. The van der Waals surface area contributed by atoms with Crippen LogP contribution in [-0.4, -0.2) is 49.1 Å². The number of nitrogens with two attached hydrogens (primary N) is 1. The summed E-state index contributed by atoms with van der Waals surface area (Å²) in [6.45, 7) is 6.60. The standard InChI is InChI=1S/C15H22N4O2/c1-11-4-3-5-13(10-11)18-6-8-19(9-7-18)14(20)12(2)17-15(16)21/h3-5,10,12H,6-9H2,1-2H3,(H3,16,17,21). The Morgan fingerprint density at radius 1 is 1.24 bits per heavy atom. The first-order valence-electron chi connectivity index (χ1n) is 7.14. The molecule has 1 saturated heterocycles. The fourth-order valence-electron chi connectivity index (χ4n) is 2.56. The summed E-state index contributed by atoms with van der Waals surface area (Å²) in [5, 5.41) is 2.42. The maximum atomic E-state index is 12.2. The molecule has 0 spiro atoms. The van der Waals surface area contributed by atoms with Gasteiger partial charge in [0.2, 0.25) is 5.91 Å². The molecular formula is C15H22N4O2. The van der Waals surface area contributed by atoms with Gasteiger partial charge in [-0.15, -0.1) is 0 Å². The van der Waals surface area contributed by atoms with Crippen LogP contribution in [0.2, 0.25) is 0 Å². The number of hydrogen-bond donors (Lipinski definition) is 2. The van der Waals surface area contributed by atoms with Crippen LogP contribution < -0.4 is 16.0 Å². The fraction of sp³-hybridized carbons (Fsp3) is 0.467. The number of carbonyl (C=O) groups excluding carboxylic acids is 2. The number of rotatable bonds is 3. The molecule has 1 aromatic carbocycles. The highest BCUT2D eigenvalue weighted by molar-refractivity contribution is 5.86. The van der Waals surface area contributed by atoms with Gasteiger partial charge in [-0.05, 0) is 31.5 Å². The van der Waals surface area contributed by atoms with Gasteiger partial charge in [-0.25, -0.2) is 4.79 Å². The van der Waals surface area contributed by atoms with Gasteiger partial charge in [0.1, 0.15) is 6.04 Å². The summed E-state index contributed by atoms with van der Waals surface area (Å²) in [4.78, 5) is 27.0. The Labute approximate surface area is 124 Å². The zero-order valence-corrected chi connectivity index (χ0v) is 12.5. The first-order chi connectivity index (χ1) is 9.97. The maximum Gasteiger partial charge on any atom is 0.312 e. The predicted molar refractivity (Wildman–Crippen MR) is 82.2 cm³/mol. The van der Waals surface area contributed by atoms with Crippen LogP contribution >= 0.6 is 0 Å². The normalized spacial score (nSPS) is 16.5. The zero-order chi connectivity index (χ0) is 15.4. The molecule has 1 unspecified atom stereocenters. The van der Waals surface area contributed by atoms with Crippen molar-refractivity contribution >= 4 is 17.6 Å². The van der Waals surface area contributed by atoms with Gasteiger partial charge in [0.05, 0.1) is 0 Å². The van der Waals surface area contributed by atoms with Crippen molar-refractivity contribution in [2.45, 2.75) is 19.9 Å². The summed E-state index contributed by atoms with van der Waals surface area (Å²) in [6.07, 6.45) is 0. The van der Waals surface area contributed by atoms with Gasteiger partial charge >= 0.3 is 6.03 Å². The second kappa shape index (κ2) is 6.47. The van der Waals surface area contributed by atoms with E-state index in [1.807, 2.05) is 6.07 Å². The molecule has 6 heteroatoms. The fourth-order valence-corrected chi connectivity index (χ4v) is 2.56. The van der Waals surface area contributed by atoms with Gasteiger partial charge in [-0.1, -0.05) is 12.1 Å². The Kier molecular flexibility index (Phi) is 4.67. The minimum absolute atomic E-state index is 0.0855. The van der Waals surface area contributed by atoms with Crippen LogP contribution in [0.5, 0.6) is 0 Å². The van der Waals surface area contributed by atoms with Crippen LogP contribution in [0.25, 0.3) is 0 Å². The number of nitrogens with one attached hydrogen (secondary N) is 1. The molecule has 3 N–H and O–H groups in total. The third-order valence-electron chi connectivity index (χ3n) is 3.69. The summed E-state index contributed by atoms with van der Waals surface area (Å²) >= 11 is 0. The van der Waals surface area contributed by atoms with Crippen LogP contribution in [0.1, 0.15) is 12.5 Å². The molecule has 0 bridgehead atoms. The van der Waals surface area contributed by atoms with Crippen molar-refractivity contribution in [3.05, 3.63) is 29.8 Å². The first kappa shape index (κ1) is 15.2. The summed E-state index contributed by atoms with van der Waals surface area (Å²) in [6, 6.07) is 7.10. The molecule has 3 amide bonds. The Morgan fingerprint density at radius 2 is 1.90 bits per heavy atom. The molecule has 21 heavy (non-hydrogen) atoms. The number of carbonyl (C=O) groups is 2. The molecule has 114 valence electrons. The molecule has 1 aliphatic heterocycles. The van der Waals surface area contributed by atoms with Gasteiger partial charge in [0, 0.05) is 31.9 Å². The average Bonchev–Trinajstić information content (AvgIpc) is 2.46. The van der Waals surface area contributed by atoms with E-state index in [9.17, 15) is 9.59 Å². The Morgan fingerprint density at radius 3 is 2.48 bits per heavy atom. The maximum absolute atomic E-state index is 12.2. The Balaban J connectivity index is 1.91. The van der Waals surface area contributed by atoms with E-state index in [0.29, 0.717) is 13.1 Å². The lowest BCUT2D eigenvalue weighted by Gasteiger charge is -2.37. The van der Waals surface area contributed by atoms with E-state index in [-0.39, 0.29) is 5.91 Å². The number of aryl methyl sites for hydroxylation is 1. The molecule has 6 nitrogen and oxygen atoms in total. The smallest absolute Gasteiger partial charge is 0.312 e. The molecule has 1 fully saturated rings. The third-order valence-corrected chi connectivity index (χ3v) is 3.69. The molecule has 0 aromatic heterocycles. The largest absolute Gasteiger partial charge is 0.368 e. The zero-order valence-electron chi connectivity index (χ0n) is 12.5. The van der Waals surface area contributed by atoms with Crippen LogP contribution in [0.3, 0.4) is 0 Å². The molecule has 0 radical (unpaired) electrons. The summed E-state index contributed by atoms with van der Waals surface area (Å²) in [5.41, 5.74) is 7.46. The van der Waals surface area contributed by atoms with Crippen molar-refractivity contribution in [3.8, 4) is 0 Å². The van der Waals surface area contributed by atoms with Gasteiger partial charge in [0.15, 0.2) is 0 Å². The van der Waals surface area contributed by atoms with Crippen molar-refractivity contribution in [2.75, 3.05) is 31.1 Å². The quantitative estimate of drug-likeness (QED) is 0.860. The van der Waals surface area contributed by atoms with Crippen LogP contribution in [0.4, 0.5) is 10.5 Å². The first-order valence-corrected chi connectivity index (χ1v) is 7.14. The lowest BCUT2D eigenvalue weighted by molar-refractivity contribution is -0.133. The minimum Gasteiger partial charge on any atom is -0.368 e. The van der Waals surface area contributed by atoms with E-state index in [4.69, 9.17) is 5.73 Å². The summed E-state index contributed by atoms with van der Waals surface area (Å²) in [5.74, 6) is -0.0855. The van der Waals surface area contributed by atoms with Gasteiger partial charge in [0.25, 0.3) is 0 Å². The average molecular weight is 290 g/mol. The van der Waals surface area contributed by atoms with Crippen molar-refractivity contribution in [3.63, 3.8) is 0 Å². The number of amides is 3. The number of benzene rings is 1. The second-order valence-electron chi connectivity index (χ2n) is 5.38. The lowest BCUT2D eigenvalue weighted by atomic mass is 10.2. The Hall–Kier alpha value is -2.24. The van der Waals surface area contributed by atoms with E-state index in [1.165, 1.54) is 11.3 Å². The van der Waals surface area contributed by atoms with E-state index in [0.717, 1.165) is 13.1 Å². The highest BCUT2D eigenvalue weighted by Crippen LogP contribution is 2.18. The highest BCUT2D eigenvalue weighted by atomic mass is 16.2. The van der Waals surface area contributed by atoms with Crippen molar-refractivity contribution in [1.82, 2.24) is 10.2 Å². The van der Waals surface area contributed by atoms with Crippen molar-refractivity contribution in [2.24, 2.45) is 5.73 Å². The summed E-state index contributed by atoms with van der Waals surface area (Å²) in [7, 11) is 0. The number of urea groups is 1.